The largest absolute Gasteiger partial charge is 0.482 e. The summed E-state index contributed by atoms with van der Waals surface area (Å²) in [6, 6.07) is 5.00. The Kier molecular flexibility index (Phi) is 5.51. The molecule has 0 bridgehead atoms. The van der Waals surface area contributed by atoms with Gasteiger partial charge in [0.15, 0.2) is 6.61 Å². The van der Waals surface area contributed by atoms with E-state index >= 15 is 0 Å². The van der Waals surface area contributed by atoms with Crippen molar-refractivity contribution in [3.8, 4) is 5.75 Å². The Balaban J connectivity index is 2.73. The van der Waals surface area contributed by atoms with Crippen LogP contribution >= 0.6 is 0 Å². The van der Waals surface area contributed by atoms with Crippen molar-refractivity contribution in [1.82, 2.24) is 0 Å². The van der Waals surface area contributed by atoms with Gasteiger partial charge < -0.3 is 14.8 Å². The molecule has 0 fully saturated rings. The highest BCUT2D eigenvalue weighted by Gasteiger charge is 2.48. The molecule has 1 aromatic rings. The molecule has 9 heteroatoms. The van der Waals surface area contributed by atoms with E-state index in [0.717, 1.165) is 13.2 Å². The summed E-state index contributed by atoms with van der Waals surface area (Å²) in [6.45, 7) is -0.429. The van der Waals surface area contributed by atoms with E-state index in [1.165, 1.54) is 18.2 Å². The first-order valence-corrected chi connectivity index (χ1v) is 5.54. The van der Waals surface area contributed by atoms with E-state index in [0.29, 0.717) is 0 Å². The number of benzene rings is 1. The number of alkyl halides is 4. The number of carbonyl (C=O) groups is 2. The molecule has 5 nitrogen and oxygen atoms in total. The molecule has 0 aliphatic rings. The third kappa shape index (κ3) is 4.62. The maximum Gasteiger partial charge on any atom is 0.383 e. The predicted molar refractivity (Wildman–Crippen MR) is 63.5 cm³/mol. The number of halogens is 4. The number of nitrogens with one attached hydrogen (secondary N) is 1. The van der Waals surface area contributed by atoms with E-state index in [2.05, 4.69) is 4.74 Å². The van der Waals surface area contributed by atoms with Crippen molar-refractivity contribution in [2.45, 2.75) is 12.3 Å². The van der Waals surface area contributed by atoms with Gasteiger partial charge in [0.25, 0.3) is 0 Å². The lowest BCUT2D eigenvalue weighted by Gasteiger charge is -2.15. The van der Waals surface area contributed by atoms with Crippen LogP contribution in [0.3, 0.4) is 0 Å². The van der Waals surface area contributed by atoms with Crippen LogP contribution < -0.4 is 10.1 Å². The second-order valence-corrected chi connectivity index (χ2v) is 3.77. The van der Waals surface area contributed by atoms with E-state index in [9.17, 15) is 27.2 Å². The molecule has 0 unspecified atom stereocenters. The minimum absolute atomic E-state index is 0.0681. The number of ether oxygens (including phenoxy) is 2. The van der Waals surface area contributed by atoms with Crippen molar-refractivity contribution in [1.29, 1.82) is 0 Å². The summed E-state index contributed by atoms with van der Waals surface area (Å²) in [5.74, 6) is -7.54. The fourth-order valence-corrected chi connectivity index (χ4v) is 1.18. The smallest absolute Gasteiger partial charge is 0.383 e. The highest BCUT2D eigenvalue weighted by atomic mass is 19.3. The number of esters is 1. The monoisotopic (exact) mass is 309 g/mol. The van der Waals surface area contributed by atoms with Crippen molar-refractivity contribution in [3.05, 3.63) is 24.3 Å². The lowest BCUT2D eigenvalue weighted by atomic mass is 10.2. The van der Waals surface area contributed by atoms with Gasteiger partial charge >= 0.3 is 24.2 Å². The van der Waals surface area contributed by atoms with Gasteiger partial charge in [-0.15, -0.1) is 0 Å². The summed E-state index contributed by atoms with van der Waals surface area (Å²) in [5, 5.41) is 1.64. The first-order chi connectivity index (χ1) is 9.77. The topological polar surface area (TPSA) is 64.6 Å². The van der Waals surface area contributed by atoms with Crippen LogP contribution in [0.25, 0.3) is 0 Å². The molecule has 1 N–H and O–H groups in total. The first-order valence-electron chi connectivity index (χ1n) is 5.54. The third-order valence-corrected chi connectivity index (χ3v) is 2.25. The molecule has 0 aliphatic carbocycles. The Morgan fingerprint density at radius 2 is 2.00 bits per heavy atom. The number of hydrogen-bond acceptors (Lipinski definition) is 4. The van der Waals surface area contributed by atoms with Gasteiger partial charge in [-0.2, -0.15) is 8.78 Å². The summed E-state index contributed by atoms with van der Waals surface area (Å²) in [6.07, 6.45) is -4.11. The molecule has 116 valence electrons. The number of hydrogen-bond donors (Lipinski definition) is 1. The second kappa shape index (κ2) is 6.91. The number of amides is 1. The molecule has 0 aromatic heterocycles. The molecule has 0 aliphatic heterocycles. The number of methoxy groups -OCH3 is 1. The normalized spacial score (nSPS) is 11.1. The van der Waals surface area contributed by atoms with Crippen LogP contribution in [0.4, 0.5) is 23.2 Å². The summed E-state index contributed by atoms with van der Waals surface area (Å²) in [5.41, 5.74) is -0.178. The molecule has 0 heterocycles. The summed E-state index contributed by atoms with van der Waals surface area (Å²) in [4.78, 5) is 21.9. The summed E-state index contributed by atoms with van der Waals surface area (Å²) < 4.78 is 58.8. The van der Waals surface area contributed by atoms with Gasteiger partial charge in [0, 0.05) is 11.8 Å². The standard InChI is InChI=1S/C12H11F4NO4/c1-20-9(18)6-21-8-4-2-3-7(5-8)17-11(19)12(15,16)10(13)14/h2-5,10H,6H2,1H3,(H,17,19). The van der Waals surface area contributed by atoms with Gasteiger partial charge in [0.05, 0.1) is 7.11 Å². The lowest BCUT2D eigenvalue weighted by molar-refractivity contribution is -0.163. The summed E-state index contributed by atoms with van der Waals surface area (Å²) >= 11 is 0. The van der Waals surface area contributed by atoms with Gasteiger partial charge in [-0.1, -0.05) is 6.07 Å². The molecule has 0 saturated heterocycles. The first kappa shape index (κ1) is 16.7. The Hall–Kier alpha value is -2.32. The van der Waals surface area contributed by atoms with E-state index in [-0.39, 0.29) is 11.4 Å². The maximum atomic E-state index is 12.8. The van der Waals surface area contributed by atoms with Crippen molar-refractivity contribution in [3.63, 3.8) is 0 Å². The van der Waals surface area contributed by atoms with Crippen LogP contribution in [-0.4, -0.2) is 37.9 Å². The van der Waals surface area contributed by atoms with Crippen LogP contribution in [0, 0.1) is 0 Å². The van der Waals surface area contributed by atoms with E-state index in [1.54, 1.807) is 5.32 Å². The number of rotatable bonds is 6. The Labute approximate surface area is 116 Å². The van der Waals surface area contributed by atoms with Crippen LogP contribution in [0.5, 0.6) is 5.75 Å². The molecular formula is C12H11F4NO4. The van der Waals surface area contributed by atoms with Crippen LogP contribution in [0.1, 0.15) is 0 Å². The minimum atomic E-state index is -4.80. The average molecular weight is 309 g/mol. The quantitative estimate of drug-likeness (QED) is 0.645. The van der Waals surface area contributed by atoms with Gasteiger partial charge in [0.1, 0.15) is 5.75 Å². The number of anilines is 1. The fourth-order valence-electron chi connectivity index (χ4n) is 1.18. The molecule has 21 heavy (non-hydrogen) atoms. The molecule has 0 atom stereocenters. The zero-order chi connectivity index (χ0) is 16.0. The minimum Gasteiger partial charge on any atom is -0.482 e. The van der Waals surface area contributed by atoms with Gasteiger partial charge in [-0.3, -0.25) is 4.79 Å². The molecule has 1 amide bonds. The van der Waals surface area contributed by atoms with Crippen molar-refractivity contribution in [2.75, 3.05) is 19.0 Å². The predicted octanol–water partition coefficient (Wildman–Crippen LogP) is 2.08. The van der Waals surface area contributed by atoms with E-state index in [1.807, 2.05) is 0 Å². The van der Waals surface area contributed by atoms with Crippen molar-refractivity contribution >= 4 is 17.6 Å². The molecular weight excluding hydrogens is 298 g/mol. The van der Waals surface area contributed by atoms with Gasteiger partial charge in [-0.05, 0) is 12.1 Å². The SMILES string of the molecule is COC(=O)COc1cccc(NC(=O)C(F)(F)C(F)F)c1. The highest BCUT2D eigenvalue weighted by molar-refractivity contribution is 5.96. The Morgan fingerprint density at radius 1 is 1.33 bits per heavy atom. The molecule has 0 spiro atoms. The van der Waals surface area contributed by atoms with Crippen LogP contribution in [-0.2, 0) is 14.3 Å². The van der Waals surface area contributed by atoms with Gasteiger partial charge in [0.2, 0.25) is 0 Å². The molecule has 0 radical (unpaired) electrons. The van der Waals surface area contributed by atoms with Crippen molar-refractivity contribution in [2.24, 2.45) is 0 Å². The lowest BCUT2D eigenvalue weighted by Crippen LogP contribution is -2.40. The second-order valence-electron chi connectivity index (χ2n) is 3.77. The third-order valence-electron chi connectivity index (χ3n) is 2.25. The van der Waals surface area contributed by atoms with E-state index in [4.69, 9.17) is 4.74 Å². The zero-order valence-corrected chi connectivity index (χ0v) is 10.7. The highest BCUT2D eigenvalue weighted by Crippen LogP contribution is 2.25. The van der Waals surface area contributed by atoms with Gasteiger partial charge in [-0.25, -0.2) is 13.6 Å². The zero-order valence-electron chi connectivity index (χ0n) is 10.7. The Morgan fingerprint density at radius 3 is 2.57 bits per heavy atom. The molecule has 1 rings (SSSR count). The summed E-state index contributed by atoms with van der Waals surface area (Å²) in [7, 11) is 1.15. The maximum absolute atomic E-state index is 12.8. The van der Waals surface area contributed by atoms with E-state index < -0.39 is 30.8 Å². The number of carbonyl (C=O) groups excluding carboxylic acids is 2. The average Bonchev–Trinajstić information content (AvgIpc) is 2.44. The Bertz CT molecular complexity index is 522. The van der Waals surface area contributed by atoms with Crippen molar-refractivity contribution < 1.29 is 36.6 Å². The molecule has 1 aromatic carbocycles. The van der Waals surface area contributed by atoms with Crippen LogP contribution in [0.2, 0.25) is 0 Å². The van der Waals surface area contributed by atoms with Crippen LogP contribution in [0.15, 0.2) is 24.3 Å². The fraction of sp³-hybridized carbons (Fsp3) is 0.333. The molecule has 0 saturated carbocycles.